The van der Waals surface area contributed by atoms with Crippen LogP contribution in [0.25, 0.3) is 78.3 Å². The minimum absolute atomic E-state index is 0.925. The first kappa shape index (κ1) is 26.7. The average Bonchev–Trinajstić information content (AvgIpc) is 3.01. The van der Waals surface area contributed by atoms with Crippen LogP contribution in [0.5, 0.6) is 0 Å². The van der Waals surface area contributed by atoms with Crippen molar-refractivity contribution in [2.24, 2.45) is 0 Å². The molecule has 4 heteroatoms. The molecule has 0 saturated heterocycles. The molecule has 0 amide bonds. The Bertz CT molecular complexity index is 2290. The molecule has 43 heavy (non-hydrogen) atoms. The highest BCUT2D eigenvalue weighted by Crippen LogP contribution is 2.33. The third-order valence-corrected chi connectivity index (χ3v) is 8.20. The van der Waals surface area contributed by atoms with Crippen LogP contribution in [0.3, 0.4) is 0 Å². The van der Waals surface area contributed by atoms with Crippen LogP contribution in [0.1, 0.15) is 41.9 Å². The number of hydrogen-bond acceptors (Lipinski definition) is 4. The third-order valence-electron chi connectivity index (χ3n) is 8.20. The van der Waals surface area contributed by atoms with E-state index in [0.29, 0.717) is 0 Å². The van der Waals surface area contributed by atoms with Gasteiger partial charge in [0.2, 0.25) is 0 Å². The van der Waals surface area contributed by atoms with Gasteiger partial charge in [-0.3, -0.25) is 0 Å². The standard InChI is InChI=1S/C39H32N4/c1-6-8-29-21-24(4)32-16-10-26-13-18-34(42-36(26)38(32)40-29)28-12-15-31(23(3)20-28)35-19-14-27-11-17-33-25(5)22-30(9-7-2)41-39(33)37(27)43-35/h6-22H,1-5H3/b8-6+,9-7+. The summed E-state index contributed by atoms with van der Waals surface area (Å²) in [5.41, 5.74) is 13.2. The zero-order chi connectivity index (χ0) is 29.7. The zero-order valence-electron chi connectivity index (χ0n) is 25.1. The molecule has 0 N–H and O–H groups in total. The first-order chi connectivity index (χ1) is 20.9. The Morgan fingerprint density at radius 1 is 0.465 bits per heavy atom. The molecule has 208 valence electrons. The Labute approximate surface area is 251 Å². The Morgan fingerprint density at radius 2 is 0.977 bits per heavy atom. The highest BCUT2D eigenvalue weighted by Gasteiger charge is 2.13. The van der Waals surface area contributed by atoms with E-state index in [0.717, 1.165) is 83.1 Å². The average molecular weight is 557 g/mol. The molecular formula is C39H32N4. The van der Waals surface area contributed by atoms with Crippen LogP contribution in [0, 0.1) is 20.8 Å². The van der Waals surface area contributed by atoms with Crippen molar-refractivity contribution in [2.75, 3.05) is 0 Å². The predicted octanol–water partition coefficient (Wildman–Crippen LogP) is 10.2. The lowest BCUT2D eigenvalue weighted by Crippen LogP contribution is -1.94. The van der Waals surface area contributed by atoms with E-state index < -0.39 is 0 Å². The number of hydrogen-bond donors (Lipinski definition) is 0. The highest BCUT2D eigenvalue weighted by atomic mass is 14.8. The summed E-state index contributed by atoms with van der Waals surface area (Å²) in [4.78, 5) is 20.2. The fraction of sp³-hybridized carbons (Fsp3) is 0.128. The second-order valence-corrected chi connectivity index (χ2v) is 11.2. The minimum Gasteiger partial charge on any atom is -0.246 e. The number of pyridine rings is 4. The maximum absolute atomic E-state index is 5.17. The number of aryl methyl sites for hydroxylation is 3. The number of rotatable bonds is 4. The minimum atomic E-state index is 0.925. The van der Waals surface area contributed by atoms with E-state index >= 15 is 0 Å². The fourth-order valence-corrected chi connectivity index (χ4v) is 6.07. The maximum Gasteiger partial charge on any atom is 0.0974 e. The van der Waals surface area contributed by atoms with Crippen LogP contribution in [-0.4, -0.2) is 19.9 Å². The van der Waals surface area contributed by atoms with E-state index in [1.54, 1.807) is 0 Å². The summed E-state index contributed by atoms with van der Waals surface area (Å²) in [5.74, 6) is 0. The number of nitrogens with zero attached hydrogens (tertiary/aromatic N) is 4. The summed E-state index contributed by atoms with van der Waals surface area (Å²) >= 11 is 0. The second-order valence-electron chi connectivity index (χ2n) is 11.2. The van der Waals surface area contributed by atoms with Gasteiger partial charge in [0.25, 0.3) is 0 Å². The van der Waals surface area contributed by atoms with Crippen molar-refractivity contribution in [1.82, 2.24) is 19.9 Å². The molecule has 7 rings (SSSR count). The molecule has 0 unspecified atom stereocenters. The van der Waals surface area contributed by atoms with Gasteiger partial charge in [0.05, 0.1) is 44.8 Å². The van der Waals surface area contributed by atoms with Crippen molar-refractivity contribution in [3.63, 3.8) is 0 Å². The summed E-state index contributed by atoms with van der Waals surface area (Å²) in [6.45, 7) is 10.4. The van der Waals surface area contributed by atoms with Crippen LogP contribution in [-0.2, 0) is 0 Å². The lowest BCUT2D eigenvalue weighted by molar-refractivity contribution is 1.31. The SMILES string of the molecule is C/C=C/c1cc(C)c2ccc3ccc(-c4ccc(-c5ccc6ccc7c(C)cc(/C=C/C)nc7c6n5)c(C)c4)nc3c2n1. The van der Waals surface area contributed by atoms with Crippen molar-refractivity contribution >= 4 is 55.8 Å². The Balaban J connectivity index is 1.34. The molecule has 0 radical (unpaired) electrons. The Morgan fingerprint density at radius 3 is 1.51 bits per heavy atom. The molecule has 4 aromatic heterocycles. The van der Waals surface area contributed by atoms with Crippen LogP contribution in [0.2, 0.25) is 0 Å². The van der Waals surface area contributed by atoms with E-state index in [1.165, 1.54) is 11.1 Å². The lowest BCUT2D eigenvalue weighted by atomic mass is 9.98. The van der Waals surface area contributed by atoms with Gasteiger partial charge in [-0.15, -0.1) is 0 Å². The highest BCUT2D eigenvalue weighted by molar-refractivity contribution is 6.06. The third kappa shape index (κ3) is 4.65. The first-order valence-electron chi connectivity index (χ1n) is 14.7. The van der Waals surface area contributed by atoms with Crippen molar-refractivity contribution < 1.29 is 0 Å². The molecule has 0 saturated carbocycles. The van der Waals surface area contributed by atoms with Gasteiger partial charge in [0, 0.05) is 32.7 Å². The molecule has 0 bridgehead atoms. The van der Waals surface area contributed by atoms with Gasteiger partial charge in [-0.05, 0) is 93.8 Å². The van der Waals surface area contributed by atoms with Crippen molar-refractivity contribution in [1.29, 1.82) is 0 Å². The molecule has 3 aromatic carbocycles. The normalized spacial score (nSPS) is 12.1. The van der Waals surface area contributed by atoms with Gasteiger partial charge >= 0.3 is 0 Å². The smallest absolute Gasteiger partial charge is 0.0974 e. The topological polar surface area (TPSA) is 51.6 Å². The molecule has 0 aliphatic heterocycles. The van der Waals surface area contributed by atoms with Crippen LogP contribution in [0.15, 0.2) is 91.0 Å². The number of aromatic nitrogens is 4. The molecule has 0 spiro atoms. The lowest BCUT2D eigenvalue weighted by Gasteiger charge is -2.12. The molecule has 4 heterocycles. The fourth-order valence-electron chi connectivity index (χ4n) is 6.07. The molecule has 0 atom stereocenters. The van der Waals surface area contributed by atoms with E-state index in [9.17, 15) is 0 Å². The quantitative estimate of drug-likeness (QED) is 0.202. The molecule has 4 nitrogen and oxygen atoms in total. The van der Waals surface area contributed by atoms with Gasteiger partial charge in [0.1, 0.15) is 0 Å². The Kier molecular flexibility index (Phi) is 6.55. The second kappa shape index (κ2) is 10.6. The van der Waals surface area contributed by atoms with E-state index in [-0.39, 0.29) is 0 Å². The van der Waals surface area contributed by atoms with Gasteiger partial charge in [-0.25, -0.2) is 19.9 Å². The summed E-state index contributed by atoms with van der Waals surface area (Å²) in [7, 11) is 0. The van der Waals surface area contributed by atoms with Crippen molar-refractivity contribution in [2.45, 2.75) is 34.6 Å². The summed E-state index contributed by atoms with van der Waals surface area (Å²) in [5, 5.41) is 4.44. The summed E-state index contributed by atoms with van der Waals surface area (Å²) in [6, 6.07) is 27.9. The maximum atomic E-state index is 5.17. The summed E-state index contributed by atoms with van der Waals surface area (Å²) < 4.78 is 0. The number of fused-ring (bicyclic) bond motifs is 6. The monoisotopic (exact) mass is 556 g/mol. The van der Waals surface area contributed by atoms with E-state index in [4.69, 9.17) is 19.9 Å². The van der Waals surface area contributed by atoms with Gasteiger partial charge in [0.15, 0.2) is 0 Å². The molecular weight excluding hydrogens is 524 g/mol. The van der Waals surface area contributed by atoms with E-state index in [1.807, 2.05) is 38.2 Å². The van der Waals surface area contributed by atoms with Crippen molar-refractivity contribution in [3.8, 4) is 22.5 Å². The molecule has 7 aromatic rings. The van der Waals surface area contributed by atoms with Crippen LogP contribution >= 0.6 is 0 Å². The number of allylic oxidation sites excluding steroid dienone is 2. The van der Waals surface area contributed by atoms with Crippen LogP contribution in [0.4, 0.5) is 0 Å². The van der Waals surface area contributed by atoms with Crippen LogP contribution < -0.4 is 0 Å². The molecule has 0 fully saturated rings. The predicted molar refractivity (Wildman–Crippen MR) is 182 cm³/mol. The number of benzene rings is 3. The van der Waals surface area contributed by atoms with Crippen molar-refractivity contribution in [3.05, 3.63) is 119 Å². The molecule has 0 aliphatic rings. The zero-order valence-corrected chi connectivity index (χ0v) is 25.1. The van der Waals surface area contributed by atoms with E-state index in [2.05, 4.69) is 99.6 Å². The van der Waals surface area contributed by atoms with Gasteiger partial charge in [-0.2, -0.15) is 0 Å². The van der Waals surface area contributed by atoms with Gasteiger partial charge in [-0.1, -0.05) is 60.7 Å². The largest absolute Gasteiger partial charge is 0.246 e. The van der Waals surface area contributed by atoms with Gasteiger partial charge < -0.3 is 0 Å². The Hall–Kier alpha value is -5.22. The first-order valence-corrected chi connectivity index (χ1v) is 14.7. The summed E-state index contributed by atoms with van der Waals surface area (Å²) in [6.07, 6.45) is 8.13. The molecule has 0 aliphatic carbocycles.